The number of aliphatic carboxylic acids is 3. The minimum Gasteiger partial charge on any atom is -0.481 e. The number of carbonyl (C=O) groups is 4. The second kappa shape index (κ2) is 17.3. The maximum absolute atomic E-state index is 12.5. The molecule has 0 fully saturated rings. The molecule has 204 valence electrons. The van der Waals surface area contributed by atoms with Gasteiger partial charge in [0, 0.05) is 19.3 Å². The smallest absolute Gasteiger partial charge is 0.388 e. The van der Waals surface area contributed by atoms with Crippen molar-refractivity contribution in [1.82, 2.24) is 5.32 Å². The SMILES string of the molecule is CCCC(NC(=O)CCCCCCCC(CCCCCCCC(=O)O)C(=O)O)(C(=O)O)[N+](C)(C)C. The lowest BCUT2D eigenvalue weighted by Crippen LogP contribution is -2.71. The van der Waals surface area contributed by atoms with E-state index in [2.05, 4.69) is 5.32 Å². The number of carbonyl (C=O) groups excluding carboxylic acids is 1. The van der Waals surface area contributed by atoms with Crippen molar-refractivity contribution in [3.63, 3.8) is 0 Å². The number of quaternary nitrogens is 1. The van der Waals surface area contributed by atoms with Crippen molar-refractivity contribution in [2.24, 2.45) is 5.92 Å². The number of rotatable bonds is 22. The lowest BCUT2D eigenvalue weighted by Gasteiger charge is -2.43. The Labute approximate surface area is 210 Å². The van der Waals surface area contributed by atoms with Crippen molar-refractivity contribution in [2.45, 2.75) is 115 Å². The van der Waals surface area contributed by atoms with Crippen LogP contribution >= 0.6 is 0 Å². The highest BCUT2D eigenvalue weighted by Gasteiger charge is 2.51. The number of carboxylic acids is 3. The second-order valence-corrected chi connectivity index (χ2v) is 10.5. The van der Waals surface area contributed by atoms with Crippen molar-refractivity contribution in [1.29, 1.82) is 0 Å². The van der Waals surface area contributed by atoms with E-state index in [0.717, 1.165) is 51.4 Å². The van der Waals surface area contributed by atoms with Gasteiger partial charge in [0.25, 0.3) is 5.66 Å². The van der Waals surface area contributed by atoms with Crippen LogP contribution in [0.5, 0.6) is 0 Å². The number of hydrogen-bond donors (Lipinski definition) is 4. The summed E-state index contributed by atoms with van der Waals surface area (Å²) in [6.07, 6.45) is 11.2. The van der Waals surface area contributed by atoms with Crippen molar-refractivity contribution in [3.05, 3.63) is 0 Å². The van der Waals surface area contributed by atoms with Gasteiger partial charge in [-0.1, -0.05) is 58.3 Å². The Morgan fingerprint density at radius 3 is 1.60 bits per heavy atom. The molecule has 0 aliphatic carbocycles. The highest BCUT2D eigenvalue weighted by Crippen LogP contribution is 2.23. The molecule has 2 atom stereocenters. The molecule has 4 N–H and O–H groups in total. The van der Waals surface area contributed by atoms with E-state index in [1.807, 2.05) is 6.92 Å². The Balaban J connectivity index is 4.16. The average molecular weight is 502 g/mol. The van der Waals surface area contributed by atoms with E-state index in [1.54, 1.807) is 21.1 Å². The Kier molecular flexibility index (Phi) is 16.2. The van der Waals surface area contributed by atoms with E-state index in [9.17, 15) is 29.4 Å². The van der Waals surface area contributed by atoms with Gasteiger partial charge in [-0.25, -0.2) is 4.79 Å². The predicted molar refractivity (Wildman–Crippen MR) is 135 cm³/mol. The van der Waals surface area contributed by atoms with Crippen LogP contribution in [0, 0.1) is 5.92 Å². The number of likely N-dealkylation sites (N-methyl/N-ethyl adjacent to an activating group) is 1. The minimum atomic E-state index is -1.34. The van der Waals surface area contributed by atoms with Gasteiger partial charge in [-0.05, 0) is 32.1 Å². The first kappa shape index (κ1) is 32.8. The Hall–Kier alpha value is -2.16. The Morgan fingerprint density at radius 1 is 0.743 bits per heavy atom. The van der Waals surface area contributed by atoms with Gasteiger partial charge in [0.1, 0.15) is 0 Å². The summed E-state index contributed by atoms with van der Waals surface area (Å²) >= 11 is 0. The molecule has 9 heteroatoms. The molecule has 0 rings (SSSR count). The maximum Gasteiger partial charge on any atom is 0.388 e. The minimum absolute atomic E-state index is 0.109. The zero-order valence-electron chi connectivity index (χ0n) is 22.3. The van der Waals surface area contributed by atoms with Gasteiger partial charge >= 0.3 is 17.9 Å². The van der Waals surface area contributed by atoms with Crippen LogP contribution in [0.4, 0.5) is 0 Å². The van der Waals surface area contributed by atoms with E-state index in [4.69, 9.17) is 5.11 Å². The lowest BCUT2D eigenvalue weighted by atomic mass is 9.94. The summed E-state index contributed by atoms with van der Waals surface area (Å²) in [5.41, 5.74) is -1.34. The molecule has 0 heterocycles. The summed E-state index contributed by atoms with van der Waals surface area (Å²) in [7, 11) is 5.32. The molecule has 0 radical (unpaired) electrons. The maximum atomic E-state index is 12.5. The van der Waals surface area contributed by atoms with Gasteiger partial charge in [0.15, 0.2) is 0 Å². The molecule has 0 aromatic rings. The second-order valence-electron chi connectivity index (χ2n) is 10.5. The van der Waals surface area contributed by atoms with Crippen LogP contribution in [0.3, 0.4) is 0 Å². The number of hydrogen-bond acceptors (Lipinski definition) is 4. The van der Waals surface area contributed by atoms with Crippen molar-refractivity contribution in [3.8, 4) is 0 Å². The standard InChI is InChI=1S/C26H48N2O7/c1-5-20-26(25(34)35,28(2,3)4)27-22(29)18-14-10-6-8-12-16-21(24(32)33)17-13-9-7-11-15-19-23(30)31/h21H,5-20H2,1-4H3,(H3-,27,29,30,31,32,33,34,35)/p+1. The highest BCUT2D eigenvalue weighted by atomic mass is 16.4. The Morgan fingerprint density at radius 2 is 1.20 bits per heavy atom. The number of carboxylic acid groups (broad SMARTS) is 3. The Bertz CT molecular complexity index is 661. The van der Waals surface area contributed by atoms with Crippen molar-refractivity contribution >= 4 is 23.8 Å². The molecule has 0 aromatic carbocycles. The summed E-state index contributed by atoms with van der Waals surface area (Å²) in [6, 6.07) is 0. The third-order valence-corrected chi connectivity index (χ3v) is 6.71. The fourth-order valence-electron chi connectivity index (χ4n) is 4.46. The summed E-state index contributed by atoms with van der Waals surface area (Å²) in [5.74, 6) is -3.13. The number of nitrogens with one attached hydrogen (secondary N) is 1. The van der Waals surface area contributed by atoms with Crippen LogP contribution in [0.15, 0.2) is 0 Å². The molecular weight excluding hydrogens is 452 g/mol. The molecule has 0 aliphatic rings. The molecule has 0 aliphatic heterocycles. The van der Waals surface area contributed by atoms with Gasteiger partial charge in [-0.3, -0.25) is 24.2 Å². The molecular formula is C26H49N2O7+. The molecule has 2 unspecified atom stereocenters. The fourth-order valence-corrected chi connectivity index (χ4v) is 4.46. The van der Waals surface area contributed by atoms with Crippen LogP contribution in [0.25, 0.3) is 0 Å². The molecule has 0 bridgehead atoms. The zero-order valence-corrected chi connectivity index (χ0v) is 22.3. The third-order valence-electron chi connectivity index (χ3n) is 6.71. The zero-order chi connectivity index (χ0) is 26.9. The lowest BCUT2D eigenvalue weighted by molar-refractivity contribution is -0.917. The van der Waals surface area contributed by atoms with E-state index in [0.29, 0.717) is 38.5 Å². The first-order valence-electron chi connectivity index (χ1n) is 13.2. The van der Waals surface area contributed by atoms with Crippen LogP contribution in [-0.2, 0) is 19.2 Å². The van der Waals surface area contributed by atoms with E-state index in [-0.39, 0.29) is 29.1 Å². The van der Waals surface area contributed by atoms with Crippen LogP contribution in [0.2, 0.25) is 0 Å². The van der Waals surface area contributed by atoms with Crippen molar-refractivity contribution in [2.75, 3.05) is 21.1 Å². The first-order valence-corrected chi connectivity index (χ1v) is 13.2. The largest absolute Gasteiger partial charge is 0.481 e. The monoisotopic (exact) mass is 501 g/mol. The number of unbranched alkanes of at least 4 members (excludes halogenated alkanes) is 8. The summed E-state index contributed by atoms with van der Waals surface area (Å²) in [4.78, 5) is 46.5. The van der Waals surface area contributed by atoms with Crippen LogP contribution in [0.1, 0.15) is 110 Å². The summed E-state index contributed by atoms with van der Waals surface area (Å²) in [6.45, 7) is 1.90. The quantitative estimate of drug-likeness (QED) is 0.0962. The van der Waals surface area contributed by atoms with E-state index in [1.165, 1.54) is 0 Å². The van der Waals surface area contributed by atoms with Gasteiger partial charge in [0.2, 0.25) is 5.91 Å². The van der Waals surface area contributed by atoms with Crippen molar-refractivity contribution < 1.29 is 39.0 Å². The molecule has 0 saturated heterocycles. The number of nitrogens with zero attached hydrogens (tertiary/aromatic N) is 1. The van der Waals surface area contributed by atoms with Crippen LogP contribution in [-0.4, -0.2) is 70.4 Å². The normalized spacial score (nSPS) is 14.2. The fraction of sp³-hybridized carbons (Fsp3) is 0.846. The third kappa shape index (κ3) is 13.5. The van der Waals surface area contributed by atoms with Gasteiger partial charge in [-0.15, -0.1) is 0 Å². The molecule has 0 aromatic heterocycles. The topological polar surface area (TPSA) is 141 Å². The van der Waals surface area contributed by atoms with E-state index >= 15 is 0 Å². The highest BCUT2D eigenvalue weighted by molar-refractivity contribution is 5.85. The first-order chi connectivity index (χ1) is 16.4. The predicted octanol–water partition coefficient (Wildman–Crippen LogP) is 4.64. The number of amides is 1. The molecule has 0 saturated carbocycles. The molecule has 0 spiro atoms. The summed E-state index contributed by atoms with van der Waals surface area (Å²) in [5, 5.41) is 30.7. The molecule has 9 nitrogen and oxygen atoms in total. The van der Waals surface area contributed by atoms with E-state index < -0.39 is 23.6 Å². The summed E-state index contributed by atoms with van der Waals surface area (Å²) < 4.78 is 0.109. The molecule has 1 amide bonds. The van der Waals surface area contributed by atoms with Gasteiger partial charge in [0.05, 0.1) is 27.1 Å². The molecule has 35 heavy (non-hydrogen) atoms. The average Bonchev–Trinajstić information content (AvgIpc) is 2.74. The van der Waals surface area contributed by atoms with Gasteiger partial charge < -0.3 is 15.3 Å². The van der Waals surface area contributed by atoms with Gasteiger partial charge in [-0.2, -0.15) is 0 Å². The van der Waals surface area contributed by atoms with Crippen LogP contribution < -0.4 is 5.32 Å².